The second kappa shape index (κ2) is 3.46. The first-order valence-corrected chi connectivity index (χ1v) is 2.01. The summed E-state index contributed by atoms with van der Waals surface area (Å²) in [5.41, 5.74) is 0. The molecule has 0 saturated carbocycles. The average molecular weight is 125 g/mol. The standard InChI is InChI=1S/C5H3NO3/c1-2-4(8)5(9)6-3-7/h2H,1H2. The summed E-state index contributed by atoms with van der Waals surface area (Å²) in [6.07, 6.45) is 1.72. The van der Waals surface area contributed by atoms with E-state index in [1.54, 1.807) is 0 Å². The van der Waals surface area contributed by atoms with E-state index in [2.05, 4.69) is 11.6 Å². The Morgan fingerprint density at radius 3 is 2.44 bits per heavy atom. The maximum atomic E-state index is 10.2. The third-order valence-corrected chi connectivity index (χ3v) is 0.543. The van der Waals surface area contributed by atoms with Crippen LogP contribution >= 0.6 is 0 Å². The Labute approximate surface area is 50.9 Å². The summed E-state index contributed by atoms with van der Waals surface area (Å²) in [6, 6.07) is 0. The predicted molar refractivity (Wildman–Crippen MR) is 28.3 cm³/mol. The number of hydrogen-bond acceptors (Lipinski definition) is 3. The Morgan fingerprint density at radius 2 is 2.11 bits per heavy atom. The second-order valence-corrected chi connectivity index (χ2v) is 1.08. The van der Waals surface area contributed by atoms with Crippen LogP contribution in [0.1, 0.15) is 0 Å². The van der Waals surface area contributed by atoms with Gasteiger partial charge in [0, 0.05) is 0 Å². The highest BCUT2D eigenvalue weighted by Gasteiger charge is 2.05. The second-order valence-electron chi connectivity index (χ2n) is 1.08. The molecule has 0 spiro atoms. The first kappa shape index (κ1) is 7.46. The molecule has 0 atom stereocenters. The van der Waals surface area contributed by atoms with Crippen LogP contribution in [0.4, 0.5) is 0 Å². The van der Waals surface area contributed by atoms with E-state index >= 15 is 0 Å². The third-order valence-electron chi connectivity index (χ3n) is 0.543. The quantitative estimate of drug-likeness (QED) is 0.218. The zero-order chi connectivity index (χ0) is 7.28. The van der Waals surface area contributed by atoms with E-state index in [1.165, 1.54) is 0 Å². The van der Waals surface area contributed by atoms with Crippen molar-refractivity contribution in [3.8, 4) is 0 Å². The summed E-state index contributed by atoms with van der Waals surface area (Å²) < 4.78 is 0. The fourth-order valence-corrected chi connectivity index (χ4v) is 0.184. The maximum Gasteiger partial charge on any atom is 0.328 e. The lowest BCUT2D eigenvalue weighted by Crippen LogP contribution is -2.05. The first-order valence-electron chi connectivity index (χ1n) is 2.01. The highest BCUT2D eigenvalue weighted by atomic mass is 16.2. The topological polar surface area (TPSA) is 63.6 Å². The van der Waals surface area contributed by atoms with Gasteiger partial charge in [0.05, 0.1) is 0 Å². The van der Waals surface area contributed by atoms with Crippen molar-refractivity contribution in [2.45, 2.75) is 0 Å². The van der Waals surface area contributed by atoms with Gasteiger partial charge in [-0.3, -0.25) is 9.59 Å². The first-order chi connectivity index (χ1) is 4.22. The molecule has 9 heavy (non-hydrogen) atoms. The Bertz CT molecular complexity index is 200. The largest absolute Gasteiger partial charge is 0.328 e. The number of ketones is 1. The summed E-state index contributed by atoms with van der Waals surface area (Å²) in [7, 11) is 0. The van der Waals surface area contributed by atoms with Crippen molar-refractivity contribution < 1.29 is 14.4 Å². The van der Waals surface area contributed by atoms with Crippen molar-refractivity contribution in [1.29, 1.82) is 0 Å². The molecule has 0 aliphatic rings. The van der Waals surface area contributed by atoms with Crippen LogP contribution in [0.2, 0.25) is 0 Å². The van der Waals surface area contributed by atoms with Crippen LogP contribution < -0.4 is 0 Å². The summed E-state index contributed by atoms with van der Waals surface area (Å²) in [6.45, 7) is 3.00. The Morgan fingerprint density at radius 1 is 1.56 bits per heavy atom. The van der Waals surface area contributed by atoms with Gasteiger partial charge < -0.3 is 0 Å². The van der Waals surface area contributed by atoms with E-state index in [4.69, 9.17) is 0 Å². The van der Waals surface area contributed by atoms with E-state index in [1.807, 2.05) is 0 Å². The van der Waals surface area contributed by atoms with E-state index in [-0.39, 0.29) is 0 Å². The van der Waals surface area contributed by atoms with E-state index in [0.717, 1.165) is 12.2 Å². The average Bonchev–Trinajstić information content (AvgIpc) is 1.87. The van der Waals surface area contributed by atoms with Gasteiger partial charge in [0.25, 0.3) is 0 Å². The molecular weight excluding hydrogens is 122 g/mol. The van der Waals surface area contributed by atoms with Gasteiger partial charge in [-0.2, -0.15) is 0 Å². The molecule has 0 fully saturated rings. The highest BCUT2D eigenvalue weighted by molar-refractivity contribution is 6.41. The predicted octanol–water partition coefficient (Wildman–Crippen LogP) is -0.396. The van der Waals surface area contributed by atoms with Gasteiger partial charge in [0.1, 0.15) is 0 Å². The fraction of sp³-hybridized carbons (Fsp3) is 0. The maximum absolute atomic E-state index is 10.2. The number of aliphatic imine (C=N–C) groups is 1. The van der Waals surface area contributed by atoms with E-state index in [9.17, 15) is 14.4 Å². The summed E-state index contributed by atoms with van der Waals surface area (Å²) in [5, 5.41) is 0. The van der Waals surface area contributed by atoms with Gasteiger partial charge in [-0.1, -0.05) is 6.58 Å². The number of hydrogen-bond donors (Lipinski definition) is 0. The highest BCUT2D eigenvalue weighted by Crippen LogP contribution is 1.76. The molecule has 0 radical (unpaired) electrons. The molecule has 0 aliphatic carbocycles. The fourth-order valence-electron chi connectivity index (χ4n) is 0.184. The smallest absolute Gasteiger partial charge is 0.284 e. The number of isocyanates is 1. The summed E-state index contributed by atoms with van der Waals surface area (Å²) in [5.74, 6) is -2.04. The SMILES string of the molecule is C=CC(=O)C(=O)N=C=O. The molecule has 0 aromatic carbocycles. The number of amides is 1. The van der Waals surface area contributed by atoms with Gasteiger partial charge >= 0.3 is 5.91 Å². The van der Waals surface area contributed by atoms with Crippen molar-refractivity contribution in [1.82, 2.24) is 0 Å². The van der Waals surface area contributed by atoms with Crippen LogP contribution in [0.25, 0.3) is 0 Å². The molecule has 4 heteroatoms. The molecule has 0 rings (SSSR count). The van der Waals surface area contributed by atoms with Crippen LogP contribution in [-0.4, -0.2) is 17.8 Å². The Kier molecular flexibility index (Phi) is 2.87. The molecule has 0 aromatic heterocycles. The minimum atomic E-state index is -1.14. The summed E-state index contributed by atoms with van der Waals surface area (Å²) in [4.78, 5) is 32.2. The summed E-state index contributed by atoms with van der Waals surface area (Å²) >= 11 is 0. The van der Waals surface area contributed by atoms with E-state index < -0.39 is 11.7 Å². The molecule has 0 unspecified atom stereocenters. The molecular formula is C5H3NO3. The van der Waals surface area contributed by atoms with Crippen molar-refractivity contribution in [3.05, 3.63) is 12.7 Å². The normalized spacial score (nSPS) is 7.11. The minimum Gasteiger partial charge on any atom is -0.284 e. The molecule has 0 aromatic rings. The van der Waals surface area contributed by atoms with Crippen LogP contribution in [0.15, 0.2) is 17.6 Å². The van der Waals surface area contributed by atoms with Crippen molar-refractivity contribution in [2.75, 3.05) is 0 Å². The van der Waals surface area contributed by atoms with Crippen LogP contribution in [0.3, 0.4) is 0 Å². The van der Waals surface area contributed by atoms with Gasteiger partial charge in [-0.05, 0) is 6.08 Å². The molecule has 0 heterocycles. The zero-order valence-corrected chi connectivity index (χ0v) is 4.46. The van der Waals surface area contributed by atoms with Crippen molar-refractivity contribution >= 4 is 17.8 Å². The van der Waals surface area contributed by atoms with Crippen LogP contribution in [-0.2, 0) is 14.4 Å². The molecule has 1 amide bonds. The molecule has 0 N–H and O–H groups in total. The number of nitrogens with zero attached hydrogens (tertiary/aromatic N) is 1. The zero-order valence-electron chi connectivity index (χ0n) is 4.46. The van der Waals surface area contributed by atoms with Gasteiger partial charge in [-0.15, -0.1) is 4.99 Å². The van der Waals surface area contributed by atoms with Crippen molar-refractivity contribution in [3.63, 3.8) is 0 Å². The molecule has 0 bridgehead atoms. The van der Waals surface area contributed by atoms with Crippen molar-refractivity contribution in [2.24, 2.45) is 4.99 Å². The number of rotatable bonds is 2. The Balaban J connectivity index is 4.21. The minimum absolute atomic E-state index is 0.781. The number of carbonyl (C=O) groups is 2. The molecule has 46 valence electrons. The van der Waals surface area contributed by atoms with Gasteiger partial charge in [0.15, 0.2) is 0 Å². The monoisotopic (exact) mass is 125 g/mol. The Hall–Kier alpha value is -1.54. The lowest BCUT2D eigenvalue weighted by Gasteiger charge is -1.76. The van der Waals surface area contributed by atoms with Crippen LogP contribution in [0, 0.1) is 0 Å². The lowest BCUT2D eigenvalue weighted by atomic mass is 10.4. The van der Waals surface area contributed by atoms with Gasteiger partial charge in [-0.25, -0.2) is 4.79 Å². The molecule has 0 aliphatic heterocycles. The third kappa shape index (κ3) is 2.31. The molecule has 0 saturated heterocycles. The molecule has 4 nitrogen and oxygen atoms in total. The number of carbonyl (C=O) groups excluding carboxylic acids is 3. The van der Waals surface area contributed by atoms with Gasteiger partial charge in [0.2, 0.25) is 11.9 Å². The van der Waals surface area contributed by atoms with Crippen LogP contribution in [0.5, 0.6) is 0 Å². The lowest BCUT2D eigenvalue weighted by molar-refractivity contribution is -0.132. The van der Waals surface area contributed by atoms with E-state index in [0.29, 0.717) is 0 Å².